The lowest BCUT2D eigenvalue weighted by molar-refractivity contribution is -0.384. The average molecular weight is 293 g/mol. The number of nitrogens with two attached hydrogens (primary N) is 1. The molecule has 1 saturated heterocycles. The van der Waals surface area contributed by atoms with Gasteiger partial charge in [0.25, 0.3) is 5.69 Å². The molecule has 7 nitrogen and oxygen atoms in total. The number of nitro benzene ring substituents is 1. The highest BCUT2D eigenvalue weighted by atomic mass is 16.6. The number of benzene rings is 1. The summed E-state index contributed by atoms with van der Waals surface area (Å²) in [4.78, 5) is 23.9. The number of carbonyl (C=O) groups excluding carboxylic acids is 1. The van der Waals surface area contributed by atoms with Gasteiger partial charge < -0.3 is 15.7 Å². The maximum Gasteiger partial charge on any atom is 0.293 e. The van der Waals surface area contributed by atoms with Gasteiger partial charge in [0.2, 0.25) is 5.91 Å². The van der Waals surface area contributed by atoms with E-state index in [1.54, 1.807) is 6.07 Å². The first-order valence-electron chi connectivity index (χ1n) is 6.97. The van der Waals surface area contributed by atoms with Crippen molar-refractivity contribution in [1.82, 2.24) is 0 Å². The Hall–Kier alpha value is -2.15. The van der Waals surface area contributed by atoms with Crippen molar-refractivity contribution in [3.63, 3.8) is 0 Å². The van der Waals surface area contributed by atoms with E-state index >= 15 is 0 Å². The van der Waals surface area contributed by atoms with Crippen LogP contribution in [-0.2, 0) is 0 Å². The number of rotatable bonds is 5. The summed E-state index contributed by atoms with van der Waals surface area (Å²) < 4.78 is 0. The molecule has 3 N–H and O–H groups in total. The fourth-order valence-corrected chi connectivity index (χ4v) is 2.79. The van der Waals surface area contributed by atoms with Gasteiger partial charge in [-0.25, -0.2) is 0 Å². The lowest BCUT2D eigenvalue weighted by Crippen LogP contribution is -2.36. The van der Waals surface area contributed by atoms with Crippen molar-refractivity contribution in [1.29, 1.82) is 0 Å². The quantitative estimate of drug-likeness (QED) is 0.628. The summed E-state index contributed by atoms with van der Waals surface area (Å²) in [7, 11) is 0. The van der Waals surface area contributed by atoms with Gasteiger partial charge in [-0.3, -0.25) is 14.9 Å². The molecule has 7 heteroatoms. The third-order valence-electron chi connectivity index (χ3n) is 3.85. The molecule has 1 atom stereocenters. The van der Waals surface area contributed by atoms with E-state index in [-0.39, 0.29) is 17.9 Å². The third-order valence-corrected chi connectivity index (χ3v) is 3.85. The van der Waals surface area contributed by atoms with E-state index in [0.29, 0.717) is 24.6 Å². The summed E-state index contributed by atoms with van der Waals surface area (Å²) in [6.45, 7) is 1.54. The number of nitrogens with zero attached hydrogens (tertiary/aromatic N) is 2. The van der Waals surface area contributed by atoms with Gasteiger partial charge in [0.15, 0.2) is 0 Å². The summed E-state index contributed by atoms with van der Waals surface area (Å²) in [5, 5.41) is 20.3. The topological polar surface area (TPSA) is 110 Å². The maximum absolute atomic E-state index is 11.2. The lowest BCUT2D eigenvalue weighted by Gasteiger charge is -2.34. The zero-order chi connectivity index (χ0) is 15.4. The molecule has 0 radical (unpaired) electrons. The van der Waals surface area contributed by atoms with Crippen LogP contribution in [0.2, 0.25) is 0 Å². The van der Waals surface area contributed by atoms with E-state index < -0.39 is 10.8 Å². The summed E-state index contributed by atoms with van der Waals surface area (Å²) in [5.41, 5.74) is 5.71. The Morgan fingerprint density at radius 3 is 2.90 bits per heavy atom. The molecule has 0 saturated carbocycles. The van der Waals surface area contributed by atoms with E-state index in [4.69, 9.17) is 10.8 Å². The third kappa shape index (κ3) is 3.49. The molecule has 21 heavy (non-hydrogen) atoms. The SMILES string of the molecule is NC(=O)c1ccc(N2CCCC(CCO)C2)c([N+](=O)[O-])c1. The molecule has 2 rings (SSSR count). The smallest absolute Gasteiger partial charge is 0.293 e. The predicted molar refractivity (Wildman–Crippen MR) is 78.3 cm³/mol. The second-order valence-electron chi connectivity index (χ2n) is 5.29. The standard InChI is InChI=1S/C14H19N3O4/c15-14(19)11-3-4-12(13(8-11)17(20)21)16-6-1-2-10(9-16)5-7-18/h3-4,8,10,18H,1-2,5-7,9H2,(H2,15,19). The Morgan fingerprint density at radius 1 is 1.52 bits per heavy atom. The maximum atomic E-state index is 11.2. The second kappa shape index (κ2) is 6.53. The molecular formula is C14H19N3O4. The molecule has 1 unspecified atom stereocenters. The Bertz CT molecular complexity index is 545. The van der Waals surface area contributed by atoms with Crippen LogP contribution in [0.5, 0.6) is 0 Å². The minimum absolute atomic E-state index is 0.101. The number of hydrogen-bond donors (Lipinski definition) is 2. The number of aliphatic hydroxyl groups excluding tert-OH is 1. The van der Waals surface area contributed by atoms with Crippen LogP contribution >= 0.6 is 0 Å². The molecule has 1 amide bonds. The highest BCUT2D eigenvalue weighted by Gasteiger charge is 2.26. The highest BCUT2D eigenvalue weighted by Crippen LogP contribution is 2.33. The summed E-state index contributed by atoms with van der Waals surface area (Å²) in [6, 6.07) is 4.33. The van der Waals surface area contributed by atoms with Gasteiger partial charge in [0.1, 0.15) is 5.69 Å². The molecule has 0 aromatic heterocycles. The number of nitro groups is 1. The van der Waals surface area contributed by atoms with Crippen LogP contribution in [0.1, 0.15) is 29.6 Å². The first-order valence-corrected chi connectivity index (χ1v) is 6.97. The minimum atomic E-state index is -0.679. The van der Waals surface area contributed by atoms with Crippen molar-refractivity contribution in [2.45, 2.75) is 19.3 Å². The molecule has 1 aliphatic rings. The average Bonchev–Trinajstić information content (AvgIpc) is 2.47. The fraction of sp³-hybridized carbons (Fsp3) is 0.500. The first kappa shape index (κ1) is 15.2. The molecule has 1 aromatic rings. The lowest BCUT2D eigenvalue weighted by atomic mass is 9.94. The van der Waals surface area contributed by atoms with Crippen LogP contribution in [-0.4, -0.2) is 35.6 Å². The Morgan fingerprint density at radius 2 is 2.29 bits per heavy atom. The Kier molecular flexibility index (Phi) is 4.74. The van der Waals surface area contributed by atoms with Gasteiger partial charge >= 0.3 is 0 Å². The van der Waals surface area contributed by atoms with Gasteiger partial charge in [0, 0.05) is 31.3 Å². The van der Waals surface area contributed by atoms with E-state index in [1.807, 2.05) is 4.90 Å². The van der Waals surface area contributed by atoms with Crippen LogP contribution in [0.3, 0.4) is 0 Å². The second-order valence-corrected chi connectivity index (χ2v) is 5.29. The number of amides is 1. The van der Waals surface area contributed by atoms with E-state index in [0.717, 1.165) is 19.4 Å². The van der Waals surface area contributed by atoms with Gasteiger partial charge in [-0.05, 0) is 37.3 Å². The molecule has 0 spiro atoms. The van der Waals surface area contributed by atoms with Gasteiger partial charge in [-0.2, -0.15) is 0 Å². The fourth-order valence-electron chi connectivity index (χ4n) is 2.79. The summed E-state index contributed by atoms with van der Waals surface area (Å²) in [5.74, 6) is -0.347. The summed E-state index contributed by atoms with van der Waals surface area (Å²) in [6.07, 6.45) is 2.65. The Labute approximate surface area is 122 Å². The van der Waals surface area contributed by atoms with E-state index in [1.165, 1.54) is 12.1 Å². The number of anilines is 1. The number of carbonyl (C=O) groups is 1. The van der Waals surface area contributed by atoms with Crippen LogP contribution in [0.25, 0.3) is 0 Å². The molecule has 1 aliphatic heterocycles. The van der Waals surface area contributed by atoms with Gasteiger partial charge in [-0.1, -0.05) is 0 Å². The summed E-state index contributed by atoms with van der Waals surface area (Å²) >= 11 is 0. The van der Waals surface area contributed by atoms with Crippen molar-refractivity contribution >= 4 is 17.3 Å². The zero-order valence-electron chi connectivity index (χ0n) is 11.7. The van der Waals surface area contributed by atoms with E-state index in [9.17, 15) is 14.9 Å². The highest BCUT2D eigenvalue weighted by molar-refractivity contribution is 5.94. The number of hydrogen-bond acceptors (Lipinski definition) is 5. The molecule has 0 aliphatic carbocycles. The number of aliphatic hydroxyl groups is 1. The Balaban J connectivity index is 2.29. The monoisotopic (exact) mass is 293 g/mol. The van der Waals surface area contributed by atoms with Gasteiger partial charge in [-0.15, -0.1) is 0 Å². The first-order chi connectivity index (χ1) is 10.0. The van der Waals surface area contributed by atoms with Crippen LogP contribution in [0.4, 0.5) is 11.4 Å². The molecule has 114 valence electrons. The van der Waals surface area contributed by atoms with Crippen molar-refractivity contribution in [3.05, 3.63) is 33.9 Å². The van der Waals surface area contributed by atoms with Crippen molar-refractivity contribution in [2.75, 3.05) is 24.6 Å². The number of primary amides is 1. The molecule has 0 bridgehead atoms. The molecule has 1 aromatic carbocycles. The zero-order valence-corrected chi connectivity index (χ0v) is 11.7. The van der Waals surface area contributed by atoms with E-state index in [2.05, 4.69) is 0 Å². The van der Waals surface area contributed by atoms with Crippen molar-refractivity contribution in [2.24, 2.45) is 11.7 Å². The van der Waals surface area contributed by atoms with Crippen molar-refractivity contribution < 1.29 is 14.8 Å². The number of piperidine rings is 1. The normalized spacial score (nSPS) is 18.5. The van der Waals surface area contributed by atoms with Crippen molar-refractivity contribution in [3.8, 4) is 0 Å². The van der Waals surface area contributed by atoms with Crippen LogP contribution in [0.15, 0.2) is 18.2 Å². The molecule has 1 heterocycles. The largest absolute Gasteiger partial charge is 0.396 e. The molecule has 1 fully saturated rings. The molecular weight excluding hydrogens is 274 g/mol. The minimum Gasteiger partial charge on any atom is -0.396 e. The van der Waals surface area contributed by atoms with Gasteiger partial charge in [0.05, 0.1) is 4.92 Å². The van der Waals surface area contributed by atoms with Crippen LogP contribution < -0.4 is 10.6 Å². The predicted octanol–water partition coefficient (Wildman–Crippen LogP) is 1.29. The van der Waals surface area contributed by atoms with Crippen LogP contribution in [0, 0.1) is 16.0 Å².